The molecular weight excluding hydrogens is 219 g/mol. The summed E-state index contributed by atoms with van der Waals surface area (Å²) in [5.41, 5.74) is 0.668. The molecule has 1 radical (unpaired) electrons. The van der Waals surface area contributed by atoms with Gasteiger partial charge in [-0.05, 0) is 6.07 Å². The number of ether oxygens (including phenoxy) is 1. The first kappa shape index (κ1) is 10.7. The zero-order valence-electron chi connectivity index (χ0n) is 8.08. The van der Waals surface area contributed by atoms with Crippen molar-refractivity contribution in [1.82, 2.24) is 4.98 Å². The second-order valence-corrected chi connectivity index (χ2v) is 3.17. The van der Waals surface area contributed by atoms with Gasteiger partial charge in [0.05, 0.1) is 11.7 Å². The number of para-hydroxylation sites is 1. The average molecular weight is 226 g/mol. The lowest BCUT2D eigenvalue weighted by Gasteiger charge is -2.08. The number of alkyl halides is 3. The van der Waals surface area contributed by atoms with E-state index in [0.717, 1.165) is 0 Å². The van der Waals surface area contributed by atoms with Crippen LogP contribution in [0.2, 0.25) is 0 Å². The Morgan fingerprint density at radius 1 is 1.25 bits per heavy atom. The number of fused-ring (bicyclic) bond motifs is 1. The van der Waals surface area contributed by atoms with Gasteiger partial charge in [0.15, 0.2) is 6.61 Å². The third-order valence-electron chi connectivity index (χ3n) is 1.87. The molecule has 0 saturated heterocycles. The van der Waals surface area contributed by atoms with Crippen molar-refractivity contribution in [3.05, 3.63) is 36.5 Å². The van der Waals surface area contributed by atoms with Crippen molar-refractivity contribution in [3.8, 4) is 5.75 Å². The van der Waals surface area contributed by atoms with Crippen molar-refractivity contribution in [2.24, 2.45) is 0 Å². The molecule has 0 unspecified atom stereocenters. The molecule has 1 aromatic carbocycles. The Hall–Kier alpha value is -1.78. The lowest BCUT2D eigenvalue weighted by Crippen LogP contribution is -2.19. The van der Waals surface area contributed by atoms with Gasteiger partial charge in [-0.1, -0.05) is 18.2 Å². The number of halogens is 3. The molecule has 2 nitrogen and oxygen atoms in total. The molecule has 2 rings (SSSR count). The summed E-state index contributed by atoms with van der Waals surface area (Å²) in [7, 11) is 0. The molecule has 0 fully saturated rings. The van der Waals surface area contributed by atoms with E-state index in [2.05, 4.69) is 15.8 Å². The van der Waals surface area contributed by atoms with Gasteiger partial charge in [0.1, 0.15) is 5.75 Å². The van der Waals surface area contributed by atoms with Crippen LogP contribution in [0.3, 0.4) is 0 Å². The lowest BCUT2D eigenvalue weighted by molar-refractivity contribution is -0.153. The van der Waals surface area contributed by atoms with Crippen LogP contribution in [0.1, 0.15) is 0 Å². The molecular formula is C11H7F3NO. The zero-order valence-corrected chi connectivity index (χ0v) is 8.08. The van der Waals surface area contributed by atoms with Gasteiger partial charge in [-0.25, -0.2) is 0 Å². The van der Waals surface area contributed by atoms with Crippen LogP contribution in [0.4, 0.5) is 13.2 Å². The summed E-state index contributed by atoms with van der Waals surface area (Å²) in [6.45, 7) is -1.33. The third-order valence-corrected chi connectivity index (χ3v) is 1.87. The SMILES string of the molecule is FC(F)(F)COc1[c]c2ccccc2nc1. The highest BCUT2D eigenvalue weighted by molar-refractivity contribution is 5.78. The summed E-state index contributed by atoms with van der Waals surface area (Å²) in [6.07, 6.45) is -3.12. The van der Waals surface area contributed by atoms with E-state index in [9.17, 15) is 13.2 Å². The number of pyridine rings is 1. The lowest BCUT2D eigenvalue weighted by atomic mass is 10.2. The standard InChI is InChI=1S/C11H7F3NO/c12-11(13,14)7-16-9-5-8-3-1-2-4-10(8)15-6-9/h1-4,6H,7H2. The van der Waals surface area contributed by atoms with E-state index >= 15 is 0 Å². The van der Waals surface area contributed by atoms with Crippen molar-refractivity contribution in [2.45, 2.75) is 6.18 Å². The molecule has 0 bridgehead atoms. The van der Waals surface area contributed by atoms with Gasteiger partial charge in [0, 0.05) is 11.5 Å². The second kappa shape index (κ2) is 4.00. The summed E-state index contributed by atoms with van der Waals surface area (Å²) in [6, 6.07) is 9.72. The Labute approximate surface area is 89.7 Å². The predicted molar refractivity (Wildman–Crippen MR) is 52.1 cm³/mol. The van der Waals surface area contributed by atoms with Crippen LogP contribution in [0, 0.1) is 6.07 Å². The van der Waals surface area contributed by atoms with Crippen LogP contribution in [0.25, 0.3) is 10.9 Å². The maximum atomic E-state index is 11.9. The molecule has 83 valence electrons. The van der Waals surface area contributed by atoms with Crippen molar-refractivity contribution in [1.29, 1.82) is 0 Å². The Morgan fingerprint density at radius 2 is 2.00 bits per heavy atom. The molecule has 16 heavy (non-hydrogen) atoms. The topological polar surface area (TPSA) is 22.1 Å². The molecule has 2 aromatic rings. The molecule has 1 aromatic heterocycles. The minimum absolute atomic E-state index is 0.00368. The van der Waals surface area contributed by atoms with E-state index in [1.807, 2.05) is 0 Å². The molecule has 0 saturated carbocycles. The van der Waals surface area contributed by atoms with Crippen molar-refractivity contribution in [2.75, 3.05) is 6.61 Å². The van der Waals surface area contributed by atoms with Gasteiger partial charge in [0.25, 0.3) is 0 Å². The average Bonchev–Trinajstić information content (AvgIpc) is 2.25. The van der Waals surface area contributed by atoms with Gasteiger partial charge in [0.2, 0.25) is 0 Å². The summed E-state index contributed by atoms with van der Waals surface area (Å²) >= 11 is 0. The number of hydrogen-bond donors (Lipinski definition) is 0. The first-order valence-electron chi connectivity index (χ1n) is 4.51. The van der Waals surface area contributed by atoms with Crippen LogP contribution in [-0.4, -0.2) is 17.8 Å². The summed E-state index contributed by atoms with van der Waals surface area (Å²) < 4.78 is 40.2. The summed E-state index contributed by atoms with van der Waals surface area (Å²) in [4.78, 5) is 3.96. The Kier molecular flexibility index (Phi) is 2.68. The van der Waals surface area contributed by atoms with Crippen LogP contribution in [-0.2, 0) is 0 Å². The molecule has 0 aliphatic carbocycles. The van der Waals surface area contributed by atoms with Crippen molar-refractivity contribution < 1.29 is 17.9 Å². The first-order valence-corrected chi connectivity index (χ1v) is 4.51. The van der Waals surface area contributed by atoms with E-state index in [1.165, 1.54) is 6.20 Å². The molecule has 1 heterocycles. The maximum absolute atomic E-state index is 11.9. The van der Waals surface area contributed by atoms with Crippen LogP contribution >= 0.6 is 0 Å². The van der Waals surface area contributed by atoms with Crippen molar-refractivity contribution >= 4 is 10.9 Å². The van der Waals surface area contributed by atoms with E-state index in [-0.39, 0.29) is 5.75 Å². The quantitative estimate of drug-likeness (QED) is 0.785. The van der Waals surface area contributed by atoms with Gasteiger partial charge >= 0.3 is 6.18 Å². The number of benzene rings is 1. The fraction of sp³-hybridized carbons (Fsp3) is 0.182. The minimum atomic E-state index is -4.35. The fourth-order valence-electron chi connectivity index (χ4n) is 1.22. The predicted octanol–water partition coefficient (Wildman–Crippen LogP) is 2.98. The van der Waals surface area contributed by atoms with E-state index in [4.69, 9.17) is 0 Å². The molecule has 0 spiro atoms. The highest BCUT2D eigenvalue weighted by Gasteiger charge is 2.28. The third kappa shape index (κ3) is 2.62. The number of hydrogen-bond acceptors (Lipinski definition) is 2. The summed E-state index contributed by atoms with van der Waals surface area (Å²) in [5, 5.41) is 0.627. The molecule has 0 amide bonds. The Bertz CT molecular complexity index is 496. The highest BCUT2D eigenvalue weighted by Crippen LogP contribution is 2.20. The van der Waals surface area contributed by atoms with Gasteiger partial charge < -0.3 is 4.74 Å². The number of nitrogens with zero attached hydrogens (tertiary/aromatic N) is 1. The normalized spacial score (nSPS) is 11.7. The van der Waals surface area contributed by atoms with Gasteiger partial charge in [-0.15, -0.1) is 0 Å². The minimum Gasteiger partial charge on any atom is -0.482 e. The largest absolute Gasteiger partial charge is 0.482 e. The van der Waals surface area contributed by atoms with Crippen LogP contribution in [0.5, 0.6) is 5.75 Å². The maximum Gasteiger partial charge on any atom is 0.422 e. The second-order valence-electron chi connectivity index (χ2n) is 3.17. The Morgan fingerprint density at radius 3 is 2.75 bits per heavy atom. The molecule has 0 atom stereocenters. The summed E-state index contributed by atoms with van der Waals surface area (Å²) in [5.74, 6) is -0.00368. The van der Waals surface area contributed by atoms with Crippen molar-refractivity contribution in [3.63, 3.8) is 0 Å². The highest BCUT2D eigenvalue weighted by atomic mass is 19.4. The monoisotopic (exact) mass is 226 g/mol. The van der Waals surface area contributed by atoms with Crippen LogP contribution < -0.4 is 4.74 Å². The number of rotatable bonds is 2. The molecule has 5 heteroatoms. The van der Waals surface area contributed by atoms with E-state index in [1.54, 1.807) is 24.3 Å². The van der Waals surface area contributed by atoms with Gasteiger partial charge in [-0.3, -0.25) is 4.98 Å². The first-order chi connectivity index (χ1) is 7.54. The smallest absolute Gasteiger partial charge is 0.422 e. The van der Waals surface area contributed by atoms with Crippen LogP contribution in [0.15, 0.2) is 30.5 Å². The Balaban J connectivity index is 2.20. The number of aromatic nitrogens is 1. The van der Waals surface area contributed by atoms with E-state index < -0.39 is 12.8 Å². The molecule has 0 aliphatic heterocycles. The van der Waals surface area contributed by atoms with E-state index in [0.29, 0.717) is 10.9 Å². The fourth-order valence-corrected chi connectivity index (χ4v) is 1.22. The zero-order chi connectivity index (χ0) is 11.6. The molecule has 0 N–H and O–H groups in total. The van der Waals surface area contributed by atoms with Gasteiger partial charge in [-0.2, -0.15) is 13.2 Å². The molecule has 0 aliphatic rings.